The van der Waals surface area contributed by atoms with Crippen LogP contribution in [0.1, 0.15) is 36.5 Å². The Bertz CT molecular complexity index is 1180. The molecule has 1 N–H and O–H groups in total. The van der Waals surface area contributed by atoms with Crippen molar-refractivity contribution in [3.63, 3.8) is 0 Å². The third-order valence-corrected chi connectivity index (χ3v) is 6.99. The minimum Gasteiger partial charge on any atom is -0.415 e. The molecule has 3 aromatic rings. The molecule has 0 saturated heterocycles. The molecule has 2 atom stereocenters. The van der Waals surface area contributed by atoms with Crippen molar-refractivity contribution >= 4 is 10.0 Å². The number of hydrogen-bond donors (Lipinski definition) is 1. The van der Waals surface area contributed by atoms with Gasteiger partial charge in [-0.25, -0.2) is 12.8 Å². The Kier molecular flexibility index (Phi) is 5.12. The Hall–Kier alpha value is -2.76. The van der Waals surface area contributed by atoms with Crippen molar-refractivity contribution in [2.75, 3.05) is 0 Å². The first kappa shape index (κ1) is 20.5. The number of aliphatic hydroxyl groups excluding tert-OH is 1. The first-order valence-electron chi connectivity index (χ1n) is 8.88. The quantitative estimate of drug-likeness (QED) is 0.654. The average Bonchev–Trinajstić information content (AvgIpc) is 3.31. The first-order valence-corrected chi connectivity index (χ1v) is 10.3. The smallest absolute Gasteiger partial charge is 0.314 e. The molecule has 7 nitrogen and oxygen atoms in total. The summed E-state index contributed by atoms with van der Waals surface area (Å²) in [6, 6.07) is 8.62. The summed E-state index contributed by atoms with van der Waals surface area (Å²) in [7, 11) is -3.99. The third kappa shape index (κ3) is 3.48. The van der Waals surface area contributed by atoms with Crippen LogP contribution in [0.5, 0.6) is 0 Å². The van der Waals surface area contributed by atoms with Gasteiger partial charge in [-0.15, -0.1) is 10.2 Å². The fourth-order valence-electron chi connectivity index (χ4n) is 3.34. The first-order chi connectivity index (χ1) is 14.2. The number of aromatic nitrogens is 2. The van der Waals surface area contributed by atoms with Crippen LogP contribution in [0, 0.1) is 5.82 Å². The number of nitrogens with zero attached hydrogens (tertiary/aromatic N) is 3. The molecule has 0 aliphatic carbocycles. The number of rotatable bonds is 5. The highest BCUT2D eigenvalue weighted by Crippen LogP contribution is 2.37. The molecule has 30 heavy (non-hydrogen) atoms. The van der Waals surface area contributed by atoms with Crippen molar-refractivity contribution < 1.29 is 31.1 Å². The van der Waals surface area contributed by atoms with Gasteiger partial charge in [-0.1, -0.05) is 18.2 Å². The van der Waals surface area contributed by atoms with Gasteiger partial charge >= 0.3 is 6.43 Å². The fourth-order valence-corrected chi connectivity index (χ4v) is 5.19. The van der Waals surface area contributed by atoms with Gasteiger partial charge in [0.1, 0.15) is 5.82 Å². The molecule has 158 valence electrons. The van der Waals surface area contributed by atoms with Crippen LogP contribution in [-0.4, -0.2) is 34.1 Å². The Labute approximate surface area is 169 Å². The second-order valence-corrected chi connectivity index (χ2v) is 8.71. The summed E-state index contributed by atoms with van der Waals surface area (Å²) >= 11 is 0. The Morgan fingerprint density at radius 2 is 1.83 bits per heavy atom. The summed E-state index contributed by atoms with van der Waals surface area (Å²) < 4.78 is 70.7. The van der Waals surface area contributed by atoms with Gasteiger partial charge < -0.3 is 9.52 Å². The molecule has 1 aliphatic heterocycles. The standard InChI is InChI=1S/C19H16F3N3O4S/c1-10(16(26)11-4-6-14(20)7-5-11)25-9-13-3-2-12(8-15(13)30(25,27)28)18-23-24-19(29-18)17(21)22/h2-8,10,16-17,26H,9H2,1H3. The van der Waals surface area contributed by atoms with Crippen LogP contribution in [-0.2, 0) is 16.6 Å². The Balaban J connectivity index is 1.64. The van der Waals surface area contributed by atoms with Gasteiger partial charge in [0.25, 0.3) is 5.89 Å². The zero-order valence-electron chi connectivity index (χ0n) is 15.5. The highest BCUT2D eigenvalue weighted by molar-refractivity contribution is 7.89. The summed E-state index contributed by atoms with van der Waals surface area (Å²) in [4.78, 5) is -0.0325. The molecular weight excluding hydrogens is 423 g/mol. The van der Waals surface area contributed by atoms with E-state index in [4.69, 9.17) is 4.42 Å². The lowest BCUT2D eigenvalue weighted by atomic mass is 10.0. The van der Waals surface area contributed by atoms with E-state index in [9.17, 15) is 26.7 Å². The second kappa shape index (κ2) is 7.49. The van der Waals surface area contributed by atoms with E-state index in [0.717, 1.165) is 4.31 Å². The van der Waals surface area contributed by atoms with E-state index in [-0.39, 0.29) is 22.9 Å². The van der Waals surface area contributed by atoms with Crippen LogP contribution < -0.4 is 0 Å². The molecule has 2 aromatic carbocycles. The highest BCUT2D eigenvalue weighted by atomic mass is 32.2. The molecule has 0 saturated carbocycles. The lowest BCUT2D eigenvalue weighted by molar-refractivity contribution is 0.0982. The number of fused-ring (bicyclic) bond motifs is 1. The van der Waals surface area contributed by atoms with Crippen molar-refractivity contribution in [3.05, 3.63) is 65.3 Å². The van der Waals surface area contributed by atoms with E-state index >= 15 is 0 Å². The summed E-state index contributed by atoms with van der Waals surface area (Å²) in [6.07, 6.45) is -4.12. The minimum absolute atomic E-state index is 0.0173. The molecule has 0 bridgehead atoms. The van der Waals surface area contributed by atoms with Crippen LogP contribution in [0.2, 0.25) is 0 Å². The highest BCUT2D eigenvalue weighted by Gasteiger charge is 2.40. The molecule has 0 fully saturated rings. The summed E-state index contributed by atoms with van der Waals surface area (Å²) in [6.45, 7) is 1.56. The molecule has 1 aromatic heterocycles. The van der Waals surface area contributed by atoms with Crippen molar-refractivity contribution in [2.24, 2.45) is 0 Å². The topological polar surface area (TPSA) is 96.5 Å². The molecular formula is C19H16F3N3O4S. The van der Waals surface area contributed by atoms with Crippen molar-refractivity contribution in [2.45, 2.75) is 36.9 Å². The van der Waals surface area contributed by atoms with Gasteiger partial charge in [0.2, 0.25) is 15.9 Å². The molecule has 1 aliphatic rings. The molecule has 2 heterocycles. The zero-order chi connectivity index (χ0) is 21.6. The van der Waals surface area contributed by atoms with Crippen LogP contribution >= 0.6 is 0 Å². The lowest BCUT2D eigenvalue weighted by Gasteiger charge is -2.27. The van der Waals surface area contributed by atoms with Gasteiger partial charge in [-0.2, -0.15) is 13.1 Å². The number of halogens is 3. The van der Waals surface area contributed by atoms with Gasteiger partial charge in [0.05, 0.1) is 17.0 Å². The Morgan fingerprint density at radius 1 is 1.13 bits per heavy atom. The number of sulfonamides is 1. The average molecular weight is 439 g/mol. The van der Waals surface area contributed by atoms with E-state index in [1.165, 1.54) is 42.5 Å². The zero-order valence-corrected chi connectivity index (χ0v) is 16.4. The van der Waals surface area contributed by atoms with E-state index in [2.05, 4.69) is 10.2 Å². The van der Waals surface area contributed by atoms with Gasteiger partial charge in [-0.05, 0) is 42.3 Å². The van der Waals surface area contributed by atoms with Crippen LogP contribution in [0.25, 0.3) is 11.5 Å². The maximum atomic E-state index is 13.1. The fraction of sp³-hybridized carbons (Fsp3) is 0.263. The molecule has 0 amide bonds. The van der Waals surface area contributed by atoms with Crippen LogP contribution in [0.4, 0.5) is 13.2 Å². The SMILES string of the molecule is CC(C(O)c1ccc(F)cc1)N1Cc2ccc(-c3nnc(C(F)F)o3)cc2S1(=O)=O. The number of alkyl halides is 2. The predicted octanol–water partition coefficient (Wildman–Crippen LogP) is 3.44. The maximum Gasteiger partial charge on any atom is 0.314 e. The maximum absolute atomic E-state index is 13.1. The van der Waals surface area contributed by atoms with E-state index in [1.54, 1.807) is 6.92 Å². The lowest BCUT2D eigenvalue weighted by Crippen LogP contribution is -2.37. The normalized spacial score (nSPS) is 17.8. The molecule has 11 heteroatoms. The molecule has 4 rings (SSSR count). The summed E-state index contributed by atoms with van der Waals surface area (Å²) in [5, 5.41) is 17.4. The molecule has 0 radical (unpaired) electrons. The summed E-state index contributed by atoms with van der Waals surface area (Å²) in [5.41, 5.74) is 1.04. The third-order valence-electron chi connectivity index (χ3n) is 4.98. The van der Waals surface area contributed by atoms with E-state index < -0.39 is 40.3 Å². The van der Waals surface area contributed by atoms with Crippen molar-refractivity contribution in [1.29, 1.82) is 0 Å². The minimum atomic E-state index is -3.99. The Morgan fingerprint density at radius 3 is 2.47 bits per heavy atom. The molecule has 0 spiro atoms. The number of aliphatic hydroxyl groups is 1. The number of hydrogen-bond acceptors (Lipinski definition) is 6. The van der Waals surface area contributed by atoms with E-state index in [0.29, 0.717) is 11.1 Å². The largest absolute Gasteiger partial charge is 0.415 e. The number of benzene rings is 2. The van der Waals surface area contributed by atoms with Crippen LogP contribution in [0.15, 0.2) is 51.8 Å². The van der Waals surface area contributed by atoms with Crippen molar-refractivity contribution in [3.8, 4) is 11.5 Å². The van der Waals surface area contributed by atoms with Crippen LogP contribution in [0.3, 0.4) is 0 Å². The van der Waals surface area contributed by atoms with Gasteiger partial charge in [0, 0.05) is 12.1 Å². The second-order valence-electron chi connectivity index (χ2n) is 6.86. The van der Waals surface area contributed by atoms with Crippen molar-refractivity contribution in [1.82, 2.24) is 14.5 Å². The monoisotopic (exact) mass is 439 g/mol. The van der Waals surface area contributed by atoms with E-state index in [1.807, 2.05) is 0 Å². The van der Waals surface area contributed by atoms with Gasteiger partial charge in [-0.3, -0.25) is 0 Å². The van der Waals surface area contributed by atoms with Gasteiger partial charge in [0.15, 0.2) is 0 Å². The summed E-state index contributed by atoms with van der Waals surface area (Å²) in [5.74, 6) is -1.55. The molecule has 2 unspecified atom stereocenters. The predicted molar refractivity (Wildman–Crippen MR) is 98.2 cm³/mol.